The average Bonchev–Trinajstić information content (AvgIpc) is 2.94. The highest BCUT2D eigenvalue weighted by Crippen LogP contribution is 2.28. The summed E-state index contributed by atoms with van der Waals surface area (Å²) in [6.07, 6.45) is 5.34. The number of aliphatic hydroxyl groups excluding tert-OH is 1. The van der Waals surface area contributed by atoms with Gasteiger partial charge in [-0.25, -0.2) is 4.79 Å². The Morgan fingerprint density at radius 2 is 1.90 bits per heavy atom. The van der Waals surface area contributed by atoms with Gasteiger partial charge in [-0.2, -0.15) is 0 Å². The lowest BCUT2D eigenvalue weighted by Gasteiger charge is -2.30. The van der Waals surface area contributed by atoms with Crippen LogP contribution in [0.1, 0.15) is 40.5 Å². The standard InChI is InChI=1S/C31H43N3O8/c1-8-12-33-26-21-13-17(2)14-25(41-7)27(36)19(4)15-20(5)29(42-31(32)39)24(40-6)11-9-10-18(3)30(38)34-22(28(21)37)16-23(26)35/h8-11,15-17,19,24-25,27,29,33,36H,1,12-14H2,2-7H3,(H2,32,39)(H,34,38)/b11-9-,18-10+,20-15+/t17?,19?,24-,25-,27?,29-/m0/s1. The van der Waals surface area contributed by atoms with E-state index in [1.807, 2.05) is 6.92 Å². The Balaban J connectivity index is 2.62. The number of hydrogen-bond acceptors (Lipinski definition) is 9. The molecule has 0 aromatic carbocycles. The van der Waals surface area contributed by atoms with Crippen molar-refractivity contribution in [2.75, 3.05) is 20.8 Å². The minimum atomic E-state index is -1.00. The summed E-state index contributed by atoms with van der Waals surface area (Å²) in [7, 11) is 2.92. The number of ketones is 2. The number of carbonyl (C=O) groups excluding carboxylic acids is 4. The molecule has 42 heavy (non-hydrogen) atoms. The van der Waals surface area contributed by atoms with Gasteiger partial charge in [-0.15, -0.1) is 6.58 Å². The topological polar surface area (TPSA) is 166 Å². The quantitative estimate of drug-likeness (QED) is 0.271. The number of ether oxygens (including phenoxy) is 3. The van der Waals surface area contributed by atoms with Crippen molar-refractivity contribution in [1.29, 1.82) is 0 Å². The van der Waals surface area contributed by atoms with Gasteiger partial charge < -0.3 is 35.7 Å². The van der Waals surface area contributed by atoms with Gasteiger partial charge in [-0.3, -0.25) is 14.4 Å². The van der Waals surface area contributed by atoms with Crippen molar-refractivity contribution in [3.8, 4) is 0 Å². The summed E-state index contributed by atoms with van der Waals surface area (Å²) >= 11 is 0. The van der Waals surface area contributed by atoms with E-state index in [0.29, 0.717) is 12.0 Å². The van der Waals surface area contributed by atoms with Gasteiger partial charge in [0.25, 0.3) is 5.91 Å². The van der Waals surface area contributed by atoms with E-state index in [9.17, 15) is 24.3 Å². The number of rotatable bonds is 6. The maximum atomic E-state index is 13.5. The summed E-state index contributed by atoms with van der Waals surface area (Å²) < 4.78 is 16.6. The second-order valence-electron chi connectivity index (χ2n) is 10.6. The maximum Gasteiger partial charge on any atom is 0.405 e. The highest BCUT2D eigenvalue weighted by Gasteiger charge is 2.33. The van der Waals surface area contributed by atoms with E-state index in [4.69, 9.17) is 19.9 Å². The molecule has 0 aromatic rings. The Labute approximate surface area is 247 Å². The summed E-state index contributed by atoms with van der Waals surface area (Å²) in [6, 6.07) is 0. The van der Waals surface area contributed by atoms with E-state index in [1.165, 1.54) is 20.3 Å². The molecule has 1 aliphatic carbocycles. The largest absolute Gasteiger partial charge is 0.439 e. The zero-order valence-corrected chi connectivity index (χ0v) is 25.1. The van der Waals surface area contributed by atoms with Crippen molar-refractivity contribution in [1.82, 2.24) is 10.6 Å². The Morgan fingerprint density at radius 3 is 2.50 bits per heavy atom. The molecule has 0 spiro atoms. The molecule has 1 aliphatic heterocycles. The molecule has 11 nitrogen and oxygen atoms in total. The molecule has 0 fully saturated rings. The Hall–Kier alpha value is -3.80. The first-order valence-electron chi connectivity index (χ1n) is 13.8. The third kappa shape index (κ3) is 9.10. The van der Waals surface area contributed by atoms with Gasteiger partial charge >= 0.3 is 6.09 Å². The monoisotopic (exact) mass is 585 g/mol. The van der Waals surface area contributed by atoms with Crippen molar-refractivity contribution in [2.24, 2.45) is 17.6 Å². The highest BCUT2D eigenvalue weighted by molar-refractivity contribution is 6.23. The van der Waals surface area contributed by atoms with E-state index in [0.717, 1.165) is 6.08 Å². The number of methoxy groups -OCH3 is 2. The van der Waals surface area contributed by atoms with Crippen LogP contribution in [0, 0.1) is 11.8 Å². The van der Waals surface area contributed by atoms with Crippen LogP contribution in [-0.4, -0.2) is 73.9 Å². The Morgan fingerprint density at radius 1 is 1.21 bits per heavy atom. The predicted molar refractivity (Wildman–Crippen MR) is 158 cm³/mol. The fraction of sp³-hybridized carbons (Fsp3) is 0.484. The lowest BCUT2D eigenvalue weighted by Crippen LogP contribution is -2.37. The molecular weight excluding hydrogens is 542 g/mol. The maximum absolute atomic E-state index is 13.5. The second-order valence-corrected chi connectivity index (χ2v) is 10.6. The second kappa shape index (κ2) is 16.0. The molecule has 0 aromatic heterocycles. The van der Waals surface area contributed by atoms with E-state index in [1.54, 1.807) is 45.1 Å². The van der Waals surface area contributed by atoms with Gasteiger partial charge in [0.1, 0.15) is 6.10 Å². The van der Waals surface area contributed by atoms with E-state index in [-0.39, 0.29) is 41.4 Å². The van der Waals surface area contributed by atoms with E-state index in [2.05, 4.69) is 17.2 Å². The van der Waals surface area contributed by atoms with Crippen molar-refractivity contribution in [2.45, 2.75) is 65.0 Å². The molecule has 0 saturated heterocycles. The number of aliphatic hydroxyl groups is 1. The number of fused-ring (bicyclic) bond motifs is 2. The molecule has 3 unspecified atom stereocenters. The summed E-state index contributed by atoms with van der Waals surface area (Å²) in [6.45, 7) is 10.9. The number of hydrogen-bond donors (Lipinski definition) is 4. The third-order valence-electron chi connectivity index (χ3n) is 7.22. The first kappa shape index (κ1) is 34.4. The number of amides is 2. The molecule has 2 amide bonds. The average molecular weight is 586 g/mol. The number of Topliss-reactive ketones (excluding diaryl/α,β-unsaturated/α-hetero) is 1. The summed E-state index contributed by atoms with van der Waals surface area (Å²) in [5.41, 5.74) is 6.42. The van der Waals surface area contributed by atoms with Crippen LogP contribution in [0.15, 0.2) is 71.1 Å². The molecule has 1 heterocycles. The number of allylic oxidation sites excluding steroid dienone is 4. The van der Waals surface area contributed by atoms with Crippen LogP contribution in [0.4, 0.5) is 4.79 Å². The fourth-order valence-electron chi connectivity index (χ4n) is 4.95. The summed E-state index contributed by atoms with van der Waals surface area (Å²) in [5.74, 6) is -2.14. The van der Waals surface area contributed by atoms with Crippen LogP contribution in [0.2, 0.25) is 0 Å². The molecule has 6 atom stereocenters. The zero-order chi connectivity index (χ0) is 31.6. The van der Waals surface area contributed by atoms with Crippen LogP contribution >= 0.6 is 0 Å². The zero-order valence-electron chi connectivity index (χ0n) is 25.1. The molecular formula is C31H43N3O8. The van der Waals surface area contributed by atoms with Crippen molar-refractivity contribution in [3.63, 3.8) is 0 Å². The van der Waals surface area contributed by atoms with Crippen molar-refractivity contribution in [3.05, 3.63) is 71.1 Å². The predicted octanol–water partition coefficient (Wildman–Crippen LogP) is 2.54. The van der Waals surface area contributed by atoms with Gasteiger partial charge in [0, 0.05) is 43.9 Å². The lowest BCUT2D eigenvalue weighted by molar-refractivity contribution is -0.120. The smallest absolute Gasteiger partial charge is 0.405 e. The summed E-state index contributed by atoms with van der Waals surface area (Å²) in [5, 5.41) is 16.7. The minimum absolute atomic E-state index is 0.132. The van der Waals surface area contributed by atoms with Crippen molar-refractivity contribution >= 4 is 23.6 Å². The van der Waals surface area contributed by atoms with Crippen LogP contribution in [0.3, 0.4) is 0 Å². The Bertz CT molecular complexity index is 1210. The molecule has 2 rings (SSSR count). The van der Waals surface area contributed by atoms with Gasteiger partial charge in [0.2, 0.25) is 11.6 Å². The van der Waals surface area contributed by atoms with Crippen LogP contribution in [0.5, 0.6) is 0 Å². The SMILES string of the molecule is C=CCNC1=C2CC(C)C[C@H](OC)C(O)C(C)/C=C(\C)[C@H](OC(N)=O)[C@@H](OC)/C=C\C=C(/C)C(=O)NC(=CC1=O)C2=O. The third-order valence-corrected chi connectivity index (χ3v) is 7.22. The van der Waals surface area contributed by atoms with Gasteiger partial charge in [0.05, 0.1) is 23.6 Å². The molecule has 0 saturated carbocycles. The molecule has 230 valence electrons. The molecule has 5 N–H and O–H groups in total. The number of nitrogens with two attached hydrogens (primary N) is 1. The van der Waals surface area contributed by atoms with Gasteiger partial charge in [0.15, 0.2) is 6.10 Å². The number of nitrogens with one attached hydrogen (secondary N) is 2. The first-order valence-corrected chi connectivity index (χ1v) is 13.8. The van der Waals surface area contributed by atoms with E-state index < -0.39 is 53.9 Å². The minimum Gasteiger partial charge on any atom is -0.439 e. The fourth-order valence-corrected chi connectivity index (χ4v) is 4.95. The molecule has 2 bridgehead atoms. The van der Waals surface area contributed by atoms with Crippen LogP contribution in [0.25, 0.3) is 0 Å². The highest BCUT2D eigenvalue weighted by atomic mass is 16.6. The molecule has 2 aliphatic rings. The van der Waals surface area contributed by atoms with Crippen LogP contribution < -0.4 is 16.4 Å². The lowest BCUT2D eigenvalue weighted by atomic mass is 9.85. The van der Waals surface area contributed by atoms with Gasteiger partial charge in [-0.1, -0.05) is 44.2 Å². The van der Waals surface area contributed by atoms with Crippen molar-refractivity contribution < 1.29 is 38.5 Å². The first-order chi connectivity index (χ1) is 19.8. The molecule has 0 radical (unpaired) electrons. The van der Waals surface area contributed by atoms with Gasteiger partial charge in [-0.05, 0) is 38.2 Å². The number of carbonyl (C=O) groups is 4. The van der Waals surface area contributed by atoms with Crippen LogP contribution in [-0.2, 0) is 28.6 Å². The summed E-state index contributed by atoms with van der Waals surface area (Å²) in [4.78, 5) is 51.3. The molecule has 11 heteroatoms. The normalized spacial score (nSPS) is 31.6. The number of primary amides is 1. The van der Waals surface area contributed by atoms with E-state index >= 15 is 0 Å². The Kier molecular flexibility index (Phi) is 13.1.